The van der Waals surface area contributed by atoms with E-state index < -0.39 is 0 Å². The van der Waals surface area contributed by atoms with E-state index in [0.29, 0.717) is 10.8 Å². The van der Waals surface area contributed by atoms with Gasteiger partial charge in [0.05, 0.1) is 5.02 Å². The van der Waals surface area contributed by atoms with E-state index in [4.69, 9.17) is 23.2 Å². The van der Waals surface area contributed by atoms with E-state index in [1.165, 1.54) is 6.20 Å². The Morgan fingerprint density at radius 3 is 3.00 bits per heavy atom. The number of halogens is 2. The van der Waals surface area contributed by atoms with Gasteiger partial charge in [0.1, 0.15) is 5.88 Å². The Morgan fingerprint density at radius 2 is 2.42 bits per heavy atom. The number of nitrogens with one attached hydrogen (secondary N) is 1. The Morgan fingerprint density at radius 1 is 1.67 bits per heavy atom. The van der Waals surface area contributed by atoms with Crippen molar-refractivity contribution in [3.8, 4) is 0 Å². The molecule has 1 rings (SSSR count). The van der Waals surface area contributed by atoms with Crippen LogP contribution in [0, 0.1) is 0 Å². The molecule has 5 heteroatoms. The van der Waals surface area contributed by atoms with E-state index in [9.17, 15) is 4.79 Å². The lowest BCUT2D eigenvalue weighted by atomic mass is 10.4. The Labute approximate surface area is 79.7 Å². The summed E-state index contributed by atoms with van der Waals surface area (Å²) >= 11 is 11.0. The zero-order chi connectivity index (χ0) is 8.97. The molecule has 0 radical (unpaired) electrons. The van der Waals surface area contributed by atoms with Gasteiger partial charge in [-0.3, -0.25) is 4.79 Å². The first kappa shape index (κ1) is 9.29. The standard InChI is InChI=1S/C7H6Cl2N2O/c8-4-6(12)11-7-5(9)2-1-3-10-7/h1-3H,4H2,(H,10,11,12). The van der Waals surface area contributed by atoms with Crippen LogP contribution in [0.2, 0.25) is 5.02 Å². The number of carbonyl (C=O) groups is 1. The summed E-state index contributed by atoms with van der Waals surface area (Å²) in [6, 6.07) is 3.32. The molecule has 0 aromatic carbocycles. The number of anilines is 1. The smallest absolute Gasteiger partial charge is 0.240 e. The molecule has 1 N–H and O–H groups in total. The maximum absolute atomic E-state index is 10.8. The monoisotopic (exact) mass is 204 g/mol. The third-order valence-electron chi connectivity index (χ3n) is 1.14. The van der Waals surface area contributed by atoms with Crippen molar-refractivity contribution in [1.82, 2.24) is 4.98 Å². The van der Waals surface area contributed by atoms with Crippen LogP contribution in [0.5, 0.6) is 0 Å². The average molecular weight is 205 g/mol. The van der Waals surface area contributed by atoms with Crippen molar-refractivity contribution in [2.45, 2.75) is 0 Å². The van der Waals surface area contributed by atoms with Crippen molar-refractivity contribution in [2.75, 3.05) is 11.2 Å². The molecule has 0 bridgehead atoms. The number of rotatable bonds is 2. The lowest BCUT2D eigenvalue weighted by molar-refractivity contribution is -0.113. The van der Waals surface area contributed by atoms with Crippen molar-refractivity contribution in [3.05, 3.63) is 23.4 Å². The van der Waals surface area contributed by atoms with Crippen molar-refractivity contribution >= 4 is 34.9 Å². The van der Waals surface area contributed by atoms with Crippen LogP contribution in [0.1, 0.15) is 0 Å². The third kappa shape index (κ3) is 2.36. The molecule has 0 saturated heterocycles. The Bertz CT molecular complexity index is 290. The summed E-state index contributed by atoms with van der Waals surface area (Å²) in [6.45, 7) is 0. The van der Waals surface area contributed by atoms with Crippen molar-refractivity contribution < 1.29 is 4.79 Å². The second-order valence-corrected chi connectivity index (χ2v) is 2.69. The number of alkyl halides is 1. The minimum absolute atomic E-state index is 0.104. The zero-order valence-electron chi connectivity index (χ0n) is 6.05. The fraction of sp³-hybridized carbons (Fsp3) is 0.143. The van der Waals surface area contributed by atoms with Crippen molar-refractivity contribution in [1.29, 1.82) is 0 Å². The maximum Gasteiger partial charge on any atom is 0.240 e. The predicted octanol–water partition coefficient (Wildman–Crippen LogP) is 1.91. The fourth-order valence-corrected chi connectivity index (χ4v) is 0.879. The molecule has 12 heavy (non-hydrogen) atoms. The Kier molecular flexibility index (Phi) is 3.31. The molecule has 0 aliphatic rings. The van der Waals surface area contributed by atoms with Crippen LogP contribution >= 0.6 is 23.2 Å². The Hall–Kier alpha value is -0.800. The van der Waals surface area contributed by atoms with Crippen LogP contribution < -0.4 is 5.32 Å². The average Bonchev–Trinajstić information content (AvgIpc) is 2.09. The van der Waals surface area contributed by atoms with Gasteiger partial charge >= 0.3 is 0 Å². The van der Waals surface area contributed by atoms with E-state index in [0.717, 1.165) is 0 Å². The first-order valence-corrected chi connectivity index (χ1v) is 4.11. The number of hydrogen-bond acceptors (Lipinski definition) is 2. The molecule has 0 saturated carbocycles. The molecule has 0 aliphatic heterocycles. The highest BCUT2D eigenvalue weighted by Gasteiger charge is 2.03. The second-order valence-electron chi connectivity index (χ2n) is 2.02. The minimum Gasteiger partial charge on any atom is -0.308 e. The number of carbonyl (C=O) groups excluding carboxylic acids is 1. The number of aromatic nitrogens is 1. The lowest BCUT2D eigenvalue weighted by Gasteiger charge is -2.02. The van der Waals surface area contributed by atoms with Gasteiger partial charge in [0, 0.05) is 6.20 Å². The molecule has 0 atom stereocenters. The van der Waals surface area contributed by atoms with Gasteiger partial charge in [-0.1, -0.05) is 11.6 Å². The van der Waals surface area contributed by atoms with Gasteiger partial charge in [0.2, 0.25) is 5.91 Å². The van der Waals surface area contributed by atoms with Crippen LogP contribution in [0.15, 0.2) is 18.3 Å². The van der Waals surface area contributed by atoms with Crippen molar-refractivity contribution in [2.24, 2.45) is 0 Å². The van der Waals surface area contributed by atoms with Crippen LogP contribution in [0.3, 0.4) is 0 Å². The number of amides is 1. The molecular formula is C7H6Cl2N2O. The van der Waals surface area contributed by atoms with Gasteiger partial charge in [-0.2, -0.15) is 0 Å². The van der Waals surface area contributed by atoms with Crippen LogP contribution in [-0.4, -0.2) is 16.8 Å². The van der Waals surface area contributed by atoms with Gasteiger partial charge in [-0.25, -0.2) is 4.98 Å². The second kappa shape index (κ2) is 4.28. The summed E-state index contributed by atoms with van der Waals surface area (Å²) in [5.41, 5.74) is 0. The van der Waals surface area contributed by atoms with E-state index in [2.05, 4.69) is 10.3 Å². The maximum atomic E-state index is 10.8. The summed E-state index contributed by atoms with van der Waals surface area (Å²) < 4.78 is 0. The molecule has 1 aromatic rings. The molecule has 0 fully saturated rings. The first-order valence-electron chi connectivity index (χ1n) is 3.20. The van der Waals surface area contributed by atoms with Gasteiger partial charge in [0.25, 0.3) is 0 Å². The molecule has 0 aliphatic carbocycles. The predicted molar refractivity (Wildman–Crippen MR) is 48.6 cm³/mol. The first-order chi connectivity index (χ1) is 5.74. The molecule has 64 valence electrons. The van der Waals surface area contributed by atoms with Gasteiger partial charge < -0.3 is 5.32 Å². The van der Waals surface area contributed by atoms with Gasteiger partial charge in [-0.15, -0.1) is 11.6 Å². The van der Waals surface area contributed by atoms with Crippen LogP contribution in [0.4, 0.5) is 5.82 Å². The summed E-state index contributed by atoms with van der Waals surface area (Å²) in [5, 5.41) is 2.84. The fourth-order valence-electron chi connectivity index (χ4n) is 0.643. The molecule has 0 spiro atoms. The van der Waals surface area contributed by atoms with E-state index in [1.54, 1.807) is 12.1 Å². The number of nitrogens with zero attached hydrogens (tertiary/aromatic N) is 1. The van der Waals surface area contributed by atoms with E-state index >= 15 is 0 Å². The quantitative estimate of drug-likeness (QED) is 0.749. The summed E-state index contributed by atoms with van der Waals surface area (Å²) in [4.78, 5) is 14.6. The topological polar surface area (TPSA) is 42.0 Å². The normalized spacial score (nSPS) is 9.50. The van der Waals surface area contributed by atoms with E-state index in [-0.39, 0.29) is 11.8 Å². The SMILES string of the molecule is O=C(CCl)Nc1ncccc1Cl. The third-order valence-corrected chi connectivity index (χ3v) is 1.69. The summed E-state index contributed by atoms with van der Waals surface area (Å²) in [5.74, 6) is -0.0884. The largest absolute Gasteiger partial charge is 0.308 e. The van der Waals surface area contributed by atoms with Crippen LogP contribution in [-0.2, 0) is 4.79 Å². The molecule has 0 unspecified atom stereocenters. The molecule has 3 nitrogen and oxygen atoms in total. The van der Waals surface area contributed by atoms with Gasteiger partial charge in [-0.05, 0) is 12.1 Å². The Balaban J connectivity index is 2.75. The number of hydrogen-bond donors (Lipinski definition) is 1. The minimum atomic E-state index is -0.322. The highest BCUT2D eigenvalue weighted by Crippen LogP contribution is 2.16. The molecule has 1 amide bonds. The van der Waals surface area contributed by atoms with Gasteiger partial charge in [0.15, 0.2) is 5.82 Å². The molecule has 1 heterocycles. The van der Waals surface area contributed by atoms with E-state index in [1.807, 2.05) is 0 Å². The summed E-state index contributed by atoms with van der Waals surface area (Å²) in [7, 11) is 0. The molecular weight excluding hydrogens is 199 g/mol. The zero-order valence-corrected chi connectivity index (χ0v) is 7.56. The highest BCUT2D eigenvalue weighted by molar-refractivity contribution is 6.34. The highest BCUT2D eigenvalue weighted by atomic mass is 35.5. The molecule has 1 aromatic heterocycles. The summed E-state index contributed by atoms with van der Waals surface area (Å²) in [6.07, 6.45) is 1.54. The lowest BCUT2D eigenvalue weighted by Crippen LogP contribution is -2.13. The number of pyridine rings is 1. The van der Waals surface area contributed by atoms with Crippen molar-refractivity contribution in [3.63, 3.8) is 0 Å². The van der Waals surface area contributed by atoms with Crippen LogP contribution in [0.25, 0.3) is 0 Å².